The Bertz CT molecular complexity index is 945. The minimum atomic E-state index is -4.61. The number of nitrogens with zero attached hydrogens (tertiary/aromatic N) is 3. The summed E-state index contributed by atoms with van der Waals surface area (Å²) in [5.41, 5.74) is -0.300. The fourth-order valence-corrected chi connectivity index (χ4v) is 2.46. The molecule has 0 radical (unpaired) electrons. The Morgan fingerprint density at radius 3 is 2.63 bits per heavy atom. The van der Waals surface area contributed by atoms with Crippen LogP contribution in [0, 0.1) is 0 Å². The van der Waals surface area contributed by atoms with Gasteiger partial charge in [-0.2, -0.15) is 18.2 Å². The Morgan fingerprint density at radius 1 is 1.19 bits per heavy atom. The monoisotopic (exact) mass is 396 g/mol. The Hall–Kier alpha value is -2.94. The number of aryl methyl sites for hydroxylation is 1. The van der Waals surface area contributed by atoms with Gasteiger partial charge in [0.1, 0.15) is 0 Å². The molecule has 0 bridgehead atoms. The minimum absolute atomic E-state index is 0.000251. The van der Waals surface area contributed by atoms with Crippen LogP contribution in [-0.2, 0) is 17.4 Å². The average Bonchev–Trinajstić information content (AvgIpc) is 3.10. The van der Waals surface area contributed by atoms with Gasteiger partial charge in [0.25, 0.3) is 0 Å². The Morgan fingerprint density at radius 2 is 1.93 bits per heavy atom. The molecule has 27 heavy (non-hydrogen) atoms. The van der Waals surface area contributed by atoms with E-state index in [9.17, 15) is 18.0 Å². The molecule has 0 unspecified atom stereocenters. The van der Waals surface area contributed by atoms with Gasteiger partial charge in [-0.3, -0.25) is 9.78 Å². The van der Waals surface area contributed by atoms with Gasteiger partial charge in [0.15, 0.2) is 0 Å². The van der Waals surface area contributed by atoms with Crippen molar-refractivity contribution in [3.05, 3.63) is 59.2 Å². The first-order chi connectivity index (χ1) is 12.8. The van der Waals surface area contributed by atoms with Crippen LogP contribution in [0.25, 0.3) is 11.4 Å². The van der Waals surface area contributed by atoms with Crippen molar-refractivity contribution in [3.63, 3.8) is 0 Å². The highest BCUT2D eigenvalue weighted by atomic mass is 35.5. The van der Waals surface area contributed by atoms with Gasteiger partial charge in [0.05, 0.1) is 10.6 Å². The predicted molar refractivity (Wildman–Crippen MR) is 90.9 cm³/mol. The number of pyridine rings is 1. The molecule has 0 aliphatic rings. The Labute approximate surface area is 156 Å². The van der Waals surface area contributed by atoms with Crippen molar-refractivity contribution in [2.45, 2.75) is 19.0 Å². The van der Waals surface area contributed by atoms with Gasteiger partial charge in [-0.05, 0) is 30.3 Å². The number of carbonyl (C=O) groups excluding carboxylic acids is 1. The number of rotatable bonds is 5. The van der Waals surface area contributed by atoms with Gasteiger partial charge in [0, 0.05) is 36.5 Å². The zero-order chi connectivity index (χ0) is 19.4. The molecule has 2 heterocycles. The first-order valence-electron chi connectivity index (χ1n) is 7.72. The Balaban J connectivity index is 1.60. The standard InChI is InChI=1S/C17H12ClF3N4O2/c18-13-2-1-11(9-12(13)17(19,20)21)23-14(26)3-4-15-24-16(25-27-15)10-5-7-22-8-6-10/h1-2,5-9H,3-4H2,(H,23,26). The summed E-state index contributed by atoms with van der Waals surface area (Å²) in [6.07, 6.45) is -1.34. The van der Waals surface area contributed by atoms with E-state index in [0.29, 0.717) is 11.4 Å². The molecule has 0 spiro atoms. The third kappa shape index (κ3) is 4.82. The summed E-state index contributed by atoms with van der Waals surface area (Å²) in [6.45, 7) is 0. The number of aromatic nitrogens is 3. The maximum atomic E-state index is 12.8. The number of hydrogen-bond acceptors (Lipinski definition) is 5. The quantitative estimate of drug-likeness (QED) is 0.692. The van der Waals surface area contributed by atoms with E-state index in [1.165, 1.54) is 6.07 Å². The van der Waals surface area contributed by atoms with Gasteiger partial charge < -0.3 is 9.84 Å². The lowest BCUT2D eigenvalue weighted by molar-refractivity contribution is -0.137. The number of nitrogens with one attached hydrogen (secondary N) is 1. The molecule has 3 rings (SSSR count). The van der Waals surface area contributed by atoms with Crippen LogP contribution < -0.4 is 5.32 Å². The molecule has 6 nitrogen and oxygen atoms in total. The molecule has 0 aliphatic heterocycles. The molecule has 0 saturated carbocycles. The molecule has 1 amide bonds. The van der Waals surface area contributed by atoms with Gasteiger partial charge in [-0.25, -0.2) is 0 Å². The van der Waals surface area contributed by atoms with Gasteiger partial charge in [-0.1, -0.05) is 16.8 Å². The zero-order valence-electron chi connectivity index (χ0n) is 13.6. The predicted octanol–water partition coefficient (Wildman–Crippen LogP) is 4.38. The minimum Gasteiger partial charge on any atom is -0.339 e. The smallest absolute Gasteiger partial charge is 0.339 e. The molecule has 0 fully saturated rings. The van der Waals surface area contributed by atoms with Gasteiger partial charge >= 0.3 is 6.18 Å². The van der Waals surface area contributed by atoms with Crippen molar-refractivity contribution in [3.8, 4) is 11.4 Å². The lowest BCUT2D eigenvalue weighted by Gasteiger charge is -2.11. The summed E-state index contributed by atoms with van der Waals surface area (Å²) in [6, 6.07) is 6.58. The maximum absolute atomic E-state index is 12.8. The van der Waals surface area contributed by atoms with Crippen molar-refractivity contribution < 1.29 is 22.5 Å². The maximum Gasteiger partial charge on any atom is 0.417 e. The van der Waals surface area contributed by atoms with E-state index in [4.69, 9.17) is 16.1 Å². The van der Waals surface area contributed by atoms with E-state index in [1.807, 2.05) is 0 Å². The van der Waals surface area contributed by atoms with E-state index in [-0.39, 0.29) is 24.4 Å². The van der Waals surface area contributed by atoms with Gasteiger partial charge in [-0.15, -0.1) is 0 Å². The Kier molecular flexibility index (Phi) is 5.41. The van der Waals surface area contributed by atoms with E-state index < -0.39 is 22.7 Å². The number of alkyl halides is 3. The molecule has 0 atom stereocenters. The highest BCUT2D eigenvalue weighted by Gasteiger charge is 2.33. The molecular formula is C17H12ClF3N4O2. The topological polar surface area (TPSA) is 80.9 Å². The molecule has 0 aliphatic carbocycles. The average molecular weight is 397 g/mol. The van der Waals surface area contributed by atoms with Crippen LogP contribution in [0.2, 0.25) is 5.02 Å². The molecule has 2 aromatic heterocycles. The number of carbonyl (C=O) groups is 1. The summed E-state index contributed by atoms with van der Waals surface area (Å²) in [5.74, 6) is 0.110. The molecule has 0 saturated heterocycles. The van der Waals surface area contributed by atoms with Crippen molar-refractivity contribution in [1.29, 1.82) is 0 Å². The SMILES string of the molecule is O=C(CCc1nc(-c2ccncc2)no1)Nc1ccc(Cl)c(C(F)(F)F)c1. The number of benzene rings is 1. The van der Waals surface area contributed by atoms with Gasteiger partial charge in [0.2, 0.25) is 17.6 Å². The number of halogens is 4. The van der Waals surface area contributed by atoms with Crippen molar-refractivity contribution in [2.24, 2.45) is 0 Å². The van der Waals surface area contributed by atoms with Crippen molar-refractivity contribution in [1.82, 2.24) is 15.1 Å². The molecule has 3 aromatic rings. The van der Waals surface area contributed by atoms with E-state index in [0.717, 1.165) is 12.1 Å². The van der Waals surface area contributed by atoms with Crippen LogP contribution in [0.5, 0.6) is 0 Å². The molecule has 1 aromatic carbocycles. The second-order valence-electron chi connectivity index (χ2n) is 5.49. The third-order valence-electron chi connectivity index (χ3n) is 3.53. The summed E-state index contributed by atoms with van der Waals surface area (Å²) in [7, 11) is 0. The fraction of sp³-hybridized carbons (Fsp3) is 0.176. The molecule has 140 valence electrons. The molecule has 10 heteroatoms. The molecule has 1 N–H and O–H groups in total. The van der Waals surface area contributed by atoms with Crippen LogP contribution in [-0.4, -0.2) is 21.0 Å². The summed E-state index contributed by atoms with van der Waals surface area (Å²) < 4.78 is 43.6. The summed E-state index contributed by atoms with van der Waals surface area (Å²) in [4.78, 5) is 20.0. The highest BCUT2D eigenvalue weighted by molar-refractivity contribution is 6.31. The van der Waals surface area contributed by atoms with Crippen LogP contribution in [0.3, 0.4) is 0 Å². The third-order valence-corrected chi connectivity index (χ3v) is 3.86. The lowest BCUT2D eigenvalue weighted by Crippen LogP contribution is -2.14. The highest BCUT2D eigenvalue weighted by Crippen LogP contribution is 2.36. The van der Waals surface area contributed by atoms with Crippen molar-refractivity contribution >= 4 is 23.2 Å². The second-order valence-corrected chi connectivity index (χ2v) is 5.90. The van der Waals surface area contributed by atoms with Crippen LogP contribution in [0.1, 0.15) is 17.9 Å². The van der Waals surface area contributed by atoms with Crippen LogP contribution in [0.4, 0.5) is 18.9 Å². The van der Waals surface area contributed by atoms with Crippen LogP contribution in [0.15, 0.2) is 47.2 Å². The van der Waals surface area contributed by atoms with E-state index >= 15 is 0 Å². The first kappa shape index (κ1) is 18.8. The lowest BCUT2D eigenvalue weighted by atomic mass is 10.2. The number of amides is 1. The summed E-state index contributed by atoms with van der Waals surface area (Å²) in [5, 5.41) is 5.77. The number of hydrogen-bond donors (Lipinski definition) is 1. The van der Waals surface area contributed by atoms with Crippen LogP contribution >= 0.6 is 11.6 Å². The molecular weight excluding hydrogens is 385 g/mol. The fourth-order valence-electron chi connectivity index (χ4n) is 2.24. The first-order valence-corrected chi connectivity index (χ1v) is 8.10. The second kappa shape index (κ2) is 7.75. The zero-order valence-corrected chi connectivity index (χ0v) is 14.4. The number of anilines is 1. The normalized spacial score (nSPS) is 11.4. The van der Waals surface area contributed by atoms with Crippen molar-refractivity contribution in [2.75, 3.05) is 5.32 Å². The van der Waals surface area contributed by atoms with E-state index in [1.54, 1.807) is 24.5 Å². The van der Waals surface area contributed by atoms with E-state index in [2.05, 4.69) is 20.4 Å². The largest absolute Gasteiger partial charge is 0.417 e. The summed E-state index contributed by atoms with van der Waals surface area (Å²) >= 11 is 5.55.